The lowest BCUT2D eigenvalue weighted by atomic mass is 9.95. The number of aliphatic hydroxyl groups excluding tert-OH is 1. The van der Waals surface area contributed by atoms with Crippen molar-refractivity contribution >= 4 is 39.9 Å². The van der Waals surface area contributed by atoms with Crippen molar-refractivity contribution in [1.29, 1.82) is 0 Å². The maximum atomic E-state index is 13.5. The molecule has 12 heteroatoms. The van der Waals surface area contributed by atoms with Crippen molar-refractivity contribution in [1.82, 2.24) is 9.97 Å². The van der Waals surface area contributed by atoms with Gasteiger partial charge in [0.1, 0.15) is 17.2 Å². The zero-order chi connectivity index (χ0) is 28.3. The lowest BCUT2D eigenvalue weighted by molar-refractivity contribution is -0.132. The second-order valence-electron chi connectivity index (χ2n) is 8.16. The van der Waals surface area contributed by atoms with Gasteiger partial charge in [-0.25, -0.2) is 9.78 Å². The van der Waals surface area contributed by atoms with E-state index in [2.05, 4.69) is 16.5 Å². The second kappa shape index (κ2) is 11.4. The number of hydrogen-bond acceptors (Lipinski definition) is 11. The third-order valence-corrected chi connectivity index (χ3v) is 7.05. The zero-order valence-electron chi connectivity index (χ0n) is 21.6. The quantitative estimate of drug-likeness (QED) is 0.137. The number of anilines is 1. The van der Waals surface area contributed by atoms with Crippen LogP contribution in [-0.4, -0.2) is 60.7 Å². The number of hydrogen-bond donors (Lipinski definition) is 1. The Kier molecular flexibility index (Phi) is 7.96. The Morgan fingerprint density at radius 1 is 1.13 bits per heavy atom. The molecule has 3 heterocycles. The van der Waals surface area contributed by atoms with Crippen molar-refractivity contribution in [2.24, 2.45) is 0 Å². The highest BCUT2D eigenvalue weighted by Crippen LogP contribution is 2.48. The molecule has 11 nitrogen and oxygen atoms in total. The third-order valence-electron chi connectivity index (χ3n) is 5.91. The minimum Gasteiger partial charge on any atom is -0.507 e. The van der Waals surface area contributed by atoms with E-state index in [0.29, 0.717) is 17.0 Å². The number of rotatable bonds is 9. The van der Waals surface area contributed by atoms with E-state index >= 15 is 0 Å². The van der Waals surface area contributed by atoms with Crippen molar-refractivity contribution in [2.45, 2.75) is 13.0 Å². The lowest BCUT2D eigenvalue weighted by Crippen LogP contribution is -2.29. The van der Waals surface area contributed by atoms with Gasteiger partial charge < -0.3 is 24.1 Å². The summed E-state index contributed by atoms with van der Waals surface area (Å²) < 4.78 is 21.5. The summed E-state index contributed by atoms with van der Waals surface area (Å²) >= 11 is 0.888. The van der Waals surface area contributed by atoms with Crippen molar-refractivity contribution in [2.75, 3.05) is 32.8 Å². The molecule has 1 saturated heterocycles. The maximum absolute atomic E-state index is 13.5. The number of amides is 1. The summed E-state index contributed by atoms with van der Waals surface area (Å²) in [7, 11) is 4.31. The summed E-state index contributed by atoms with van der Waals surface area (Å²) in [6.45, 7) is 5.11. The van der Waals surface area contributed by atoms with E-state index < -0.39 is 29.5 Å². The number of aliphatic hydroxyl groups is 1. The number of esters is 1. The number of pyridine rings is 1. The molecule has 1 atom stereocenters. The van der Waals surface area contributed by atoms with Crippen LogP contribution < -0.4 is 19.1 Å². The molecule has 3 aromatic rings. The Hall–Kier alpha value is -4.71. The number of thiazole rings is 1. The number of Topliss-reactive ketones (excluding diaryl/α,β-unsaturated/α-hetero) is 1. The van der Waals surface area contributed by atoms with Gasteiger partial charge in [-0.2, -0.15) is 0 Å². The number of nitrogens with zero attached hydrogens (tertiary/aromatic N) is 3. The highest BCUT2D eigenvalue weighted by molar-refractivity contribution is 7.17. The molecule has 4 rings (SSSR count). The molecule has 2 aromatic heterocycles. The van der Waals surface area contributed by atoms with E-state index in [1.54, 1.807) is 19.1 Å². The van der Waals surface area contributed by atoms with Gasteiger partial charge in [0, 0.05) is 18.0 Å². The average Bonchev–Trinajstić information content (AvgIpc) is 3.47. The lowest BCUT2D eigenvalue weighted by Gasteiger charge is -2.24. The van der Waals surface area contributed by atoms with Crippen LogP contribution in [-0.2, 0) is 14.3 Å². The molecule has 0 saturated carbocycles. The van der Waals surface area contributed by atoms with Crippen LogP contribution in [0.15, 0.2) is 54.9 Å². The Bertz CT molecular complexity index is 1460. The van der Waals surface area contributed by atoms with E-state index in [0.717, 1.165) is 16.2 Å². The number of methoxy groups -OCH3 is 3. The number of carbonyl (C=O) groups excluding carboxylic acids is 3. The largest absolute Gasteiger partial charge is 0.507 e. The Morgan fingerprint density at radius 3 is 2.33 bits per heavy atom. The monoisotopic (exact) mass is 551 g/mol. The number of ketones is 1. The standard InChI is InChI=1S/C27H25N3O8S/c1-6-11-38-26(34)24-14(2)29-27(39-24)30-20(16-12-17(35-3)23(37-5)18(13-16)36-4)19(22(32)25(30)33)21(31)15-7-9-28-10-8-15/h6-10,12-13,20,31H,1,11H2,2-5H3/b21-19+. The maximum Gasteiger partial charge on any atom is 0.350 e. The summed E-state index contributed by atoms with van der Waals surface area (Å²) in [5, 5.41) is 11.3. The molecular formula is C27H25N3O8S. The topological polar surface area (TPSA) is 137 Å². The van der Waals surface area contributed by atoms with E-state index in [9.17, 15) is 19.5 Å². The molecule has 1 amide bonds. The van der Waals surface area contributed by atoms with Gasteiger partial charge in [0.25, 0.3) is 5.78 Å². The number of carbonyl (C=O) groups is 3. The molecule has 0 radical (unpaired) electrons. The van der Waals surface area contributed by atoms with Crippen LogP contribution in [0, 0.1) is 6.92 Å². The minimum atomic E-state index is -1.16. The molecule has 0 bridgehead atoms. The molecule has 1 unspecified atom stereocenters. The average molecular weight is 552 g/mol. The first-order valence-corrected chi connectivity index (χ1v) is 12.4. The smallest absolute Gasteiger partial charge is 0.350 e. The third kappa shape index (κ3) is 4.93. The minimum absolute atomic E-state index is 0.00656. The SMILES string of the molecule is C=CCOC(=O)c1sc(N2C(=O)C(=O)/C(=C(/O)c3ccncc3)C2c2cc(OC)c(OC)c(OC)c2)nc1C. The first-order valence-electron chi connectivity index (χ1n) is 11.5. The van der Waals surface area contributed by atoms with Crippen molar-refractivity contribution < 1.29 is 38.4 Å². The highest BCUT2D eigenvalue weighted by atomic mass is 32.1. The fourth-order valence-corrected chi connectivity index (χ4v) is 5.13. The Morgan fingerprint density at radius 2 is 1.77 bits per heavy atom. The molecule has 0 aliphatic carbocycles. The predicted molar refractivity (Wildman–Crippen MR) is 142 cm³/mol. The van der Waals surface area contributed by atoms with Crippen molar-refractivity contribution in [3.8, 4) is 17.2 Å². The highest BCUT2D eigenvalue weighted by Gasteiger charge is 2.49. The summed E-state index contributed by atoms with van der Waals surface area (Å²) in [6.07, 6.45) is 4.33. The van der Waals surface area contributed by atoms with E-state index in [1.807, 2.05) is 0 Å². The van der Waals surface area contributed by atoms with Crippen LogP contribution in [0.3, 0.4) is 0 Å². The van der Waals surface area contributed by atoms with E-state index in [-0.39, 0.29) is 39.3 Å². The van der Waals surface area contributed by atoms with Gasteiger partial charge in [-0.05, 0) is 36.8 Å². The number of aryl methyl sites for hydroxylation is 1. The van der Waals surface area contributed by atoms with Crippen LogP contribution in [0.25, 0.3) is 5.76 Å². The number of benzene rings is 1. The summed E-state index contributed by atoms with van der Waals surface area (Å²) in [6, 6.07) is 5.01. The summed E-state index contributed by atoms with van der Waals surface area (Å²) in [5.41, 5.74) is 0.764. The van der Waals surface area contributed by atoms with Gasteiger partial charge in [-0.3, -0.25) is 19.5 Å². The van der Waals surface area contributed by atoms with Crippen molar-refractivity contribution in [3.63, 3.8) is 0 Å². The van der Waals surface area contributed by atoms with Crippen molar-refractivity contribution in [3.05, 3.63) is 76.6 Å². The molecule has 0 spiro atoms. The molecule has 1 aliphatic rings. The van der Waals surface area contributed by atoms with Gasteiger partial charge in [-0.15, -0.1) is 0 Å². The predicted octanol–water partition coefficient (Wildman–Crippen LogP) is 3.84. The molecule has 1 N–H and O–H groups in total. The van der Waals surface area contributed by atoms with E-state index in [4.69, 9.17) is 18.9 Å². The molecule has 39 heavy (non-hydrogen) atoms. The fourth-order valence-electron chi connectivity index (χ4n) is 4.14. The van der Waals surface area contributed by atoms with Crippen LogP contribution in [0.1, 0.15) is 32.5 Å². The summed E-state index contributed by atoms with van der Waals surface area (Å²) in [4.78, 5) is 49.2. The fraction of sp³-hybridized carbons (Fsp3) is 0.222. The van der Waals surface area contributed by atoms with Gasteiger partial charge in [0.2, 0.25) is 5.75 Å². The molecule has 1 aliphatic heterocycles. The van der Waals surface area contributed by atoms with Gasteiger partial charge in [-0.1, -0.05) is 24.0 Å². The van der Waals surface area contributed by atoms with E-state index in [1.165, 1.54) is 51.9 Å². The molecule has 1 aromatic carbocycles. The normalized spacial score (nSPS) is 16.2. The van der Waals surface area contributed by atoms with Crippen LogP contribution in [0.5, 0.6) is 17.2 Å². The molecule has 202 valence electrons. The number of aromatic nitrogens is 2. The van der Waals surface area contributed by atoms with Gasteiger partial charge in [0.05, 0.1) is 38.6 Å². The van der Waals surface area contributed by atoms with Crippen LogP contribution in [0.4, 0.5) is 5.13 Å². The van der Waals surface area contributed by atoms with Gasteiger partial charge >= 0.3 is 11.9 Å². The zero-order valence-corrected chi connectivity index (χ0v) is 22.4. The second-order valence-corrected chi connectivity index (χ2v) is 9.14. The summed E-state index contributed by atoms with van der Waals surface area (Å²) in [5.74, 6) is -2.09. The van der Waals surface area contributed by atoms with Crippen LogP contribution in [0.2, 0.25) is 0 Å². The molecule has 1 fully saturated rings. The first-order chi connectivity index (χ1) is 18.8. The Balaban J connectivity index is 1.97. The van der Waals surface area contributed by atoms with Crippen LogP contribution >= 0.6 is 11.3 Å². The van der Waals surface area contributed by atoms with Gasteiger partial charge in [0.15, 0.2) is 16.6 Å². The number of ether oxygens (including phenoxy) is 4. The first kappa shape index (κ1) is 27.3. The Labute approximate surface area is 227 Å². The molecular weight excluding hydrogens is 526 g/mol.